The minimum absolute atomic E-state index is 0.180. The van der Waals surface area contributed by atoms with Crippen LogP contribution < -0.4 is 19.7 Å². The maximum absolute atomic E-state index is 12.9. The lowest BCUT2D eigenvalue weighted by Crippen LogP contribution is -2.30. The quantitative estimate of drug-likeness (QED) is 0.606. The van der Waals surface area contributed by atoms with Gasteiger partial charge in [0.2, 0.25) is 0 Å². The van der Waals surface area contributed by atoms with Crippen molar-refractivity contribution in [1.29, 1.82) is 0 Å². The van der Waals surface area contributed by atoms with Gasteiger partial charge >= 0.3 is 0 Å². The molecule has 1 fully saturated rings. The maximum Gasteiger partial charge on any atom is 0.281 e. The van der Waals surface area contributed by atoms with Crippen molar-refractivity contribution in [2.45, 2.75) is 20.3 Å². The highest BCUT2D eigenvalue weighted by Crippen LogP contribution is 2.30. The molecule has 1 amide bonds. The first-order chi connectivity index (χ1) is 13.1. The summed E-state index contributed by atoms with van der Waals surface area (Å²) < 4.78 is 10.9. The van der Waals surface area contributed by atoms with Crippen LogP contribution in [0.1, 0.15) is 25.0 Å². The molecule has 1 heterocycles. The number of methoxy groups -OCH3 is 1. The zero-order valence-electron chi connectivity index (χ0n) is 15.6. The minimum Gasteiger partial charge on any atom is -0.493 e. The molecule has 5 nitrogen and oxygen atoms in total. The van der Waals surface area contributed by atoms with Gasteiger partial charge in [0.15, 0.2) is 16.6 Å². The first-order valence-corrected chi connectivity index (χ1v) is 9.25. The van der Waals surface area contributed by atoms with Crippen LogP contribution in [0.3, 0.4) is 0 Å². The largest absolute Gasteiger partial charge is 0.493 e. The molecule has 1 aliphatic heterocycles. The smallest absolute Gasteiger partial charge is 0.281 e. The Hall–Kier alpha value is -2.86. The van der Waals surface area contributed by atoms with E-state index in [1.807, 2.05) is 49.4 Å². The number of amides is 1. The van der Waals surface area contributed by atoms with E-state index in [1.54, 1.807) is 13.2 Å². The topological polar surface area (TPSA) is 50.8 Å². The number of carbonyl (C=O) groups is 1. The molecule has 1 N–H and O–H groups in total. The molecule has 0 aliphatic carbocycles. The van der Waals surface area contributed by atoms with Gasteiger partial charge in [-0.2, -0.15) is 0 Å². The molecule has 27 heavy (non-hydrogen) atoms. The van der Waals surface area contributed by atoms with E-state index in [0.29, 0.717) is 28.9 Å². The zero-order chi connectivity index (χ0) is 19.4. The molecule has 0 saturated carbocycles. The standard InChI is InChI=1S/C21H22N2O3S/c1-4-14-7-6-8-16(11-14)23-20(24)17(22-21(23)27)12-15-9-10-18(26-5-2)19(13-15)25-3/h6-13H,4-5H2,1-3H3,(H,22,27)/b17-12-. The van der Waals surface area contributed by atoms with Gasteiger partial charge in [-0.25, -0.2) is 0 Å². The van der Waals surface area contributed by atoms with E-state index in [9.17, 15) is 4.79 Å². The van der Waals surface area contributed by atoms with E-state index in [2.05, 4.69) is 12.2 Å². The maximum atomic E-state index is 12.9. The molecule has 0 unspecified atom stereocenters. The average molecular weight is 382 g/mol. The fourth-order valence-corrected chi connectivity index (χ4v) is 3.20. The summed E-state index contributed by atoms with van der Waals surface area (Å²) in [6.07, 6.45) is 2.65. The Kier molecular flexibility index (Phi) is 5.76. The molecule has 6 heteroatoms. The van der Waals surface area contributed by atoms with Gasteiger partial charge in [0.05, 0.1) is 19.4 Å². The molecule has 0 aromatic heterocycles. The van der Waals surface area contributed by atoms with Gasteiger partial charge in [-0.1, -0.05) is 25.1 Å². The Morgan fingerprint density at radius 1 is 1.15 bits per heavy atom. The van der Waals surface area contributed by atoms with Crippen LogP contribution in [0, 0.1) is 0 Å². The average Bonchev–Trinajstić information content (AvgIpc) is 2.96. The van der Waals surface area contributed by atoms with Gasteiger partial charge in [-0.15, -0.1) is 0 Å². The molecular weight excluding hydrogens is 360 g/mol. The number of benzene rings is 2. The second kappa shape index (κ2) is 8.22. The van der Waals surface area contributed by atoms with Crippen LogP contribution >= 0.6 is 12.2 Å². The first-order valence-electron chi connectivity index (χ1n) is 8.84. The Bertz CT molecular complexity index is 908. The molecule has 0 spiro atoms. The number of nitrogens with zero attached hydrogens (tertiary/aromatic N) is 1. The Morgan fingerprint density at radius 2 is 1.96 bits per heavy atom. The van der Waals surface area contributed by atoms with E-state index < -0.39 is 0 Å². The third-order valence-corrected chi connectivity index (χ3v) is 4.54. The predicted molar refractivity (Wildman–Crippen MR) is 111 cm³/mol. The zero-order valence-corrected chi connectivity index (χ0v) is 16.4. The van der Waals surface area contributed by atoms with Crippen molar-refractivity contribution < 1.29 is 14.3 Å². The number of ether oxygens (including phenoxy) is 2. The number of anilines is 1. The van der Waals surface area contributed by atoms with Crippen LogP contribution in [0.15, 0.2) is 48.2 Å². The normalized spacial score (nSPS) is 15.2. The van der Waals surface area contributed by atoms with Gasteiger partial charge in [-0.05, 0) is 67.0 Å². The van der Waals surface area contributed by atoms with E-state index in [1.165, 1.54) is 4.90 Å². The van der Waals surface area contributed by atoms with E-state index in [0.717, 1.165) is 23.2 Å². The summed E-state index contributed by atoms with van der Waals surface area (Å²) in [6.45, 7) is 4.54. The third kappa shape index (κ3) is 3.95. The SMILES string of the molecule is CCOc1ccc(/C=C2\NC(=S)N(c3cccc(CC)c3)C2=O)cc1OC. The number of rotatable bonds is 6. The van der Waals surface area contributed by atoms with Crippen molar-refractivity contribution in [3.63, 3.8) is 0 Å². The van der Waals surface area contributed by atoms with Crippen molar-refractivity contribution in [3.05, 3.63) is 59.3 Å². The fraction of sp³-hybridized carbons (Fsp3) is 0.238. The Morgan fingerprint density at radius 3 is 2.67 bits per heavy atom. The fourth-order valence-electron chi connectivity index (χ4n) is 2.90. The molecule has 3 rings (SSSR count). The summed E-state index contributed by atoms with van der Waals surface area (Å²) in [6, 6.07) is 13.4. The summed E-state index contributed by atoms with van der Waals surface area (Å²) in [5.74, 6) is 1.11. The van der Waals surface area contributed by atoms with Gasteiger partial charge < -0.3 is 14.8 Å². The highest BCUT2D eigenvalue weighted by atomic mass is 32.1. The number of thiocarbonyl (C=S) groups is 1. The second-order valence-corrected chi connectivity index (χ2v) is 6.38. The van der Waals surface area contributed by atoms with Crippen LogP contribution in [-0.2, 0) is 11.2 Å². The molecular formula is C21H22N2O3S. The van der Waals surface area contributed by atoms with E-state index in [4.69, 9.17) is 21.7 Å². The minimum atomic E-state index is -0.180. The van der Waals surface area contributed by atoms with Crippen molar-refractivity contribution in [2.75, 3.05) is 18.6 Å². The Balaban J connectivity index is 1.90. The third-order valence-electron chi connectivity index (χ3n) is 4.25. The summed E-state index contributed by atoms with van der Waals surface area (Å²) in [5.41, 5.74) is 3.16. The lowest BCUT2D eigenvalue weighted by atomic mass is 10.1. The first kappa shape index (κ1) is 18.9. The number of nitrogens with one attached hydrogen (secondary N) is 1. The van der Waals surface area contributed by atoms with Crippen molar-refractivity contribution in [3.8, 4) is 11.5 Å². The molecule has 0 bridgehead atoms. The van der Waals surface area contributed by atoms with Crippen LogP contribution in [0.4, 0.5) is 5.69 Å². The van der Waals surface area contributed by atoms with E-state index >= 15 is 0 Å². The van der Waals surface area contributed by atoms with Gasteiger partial charge in [-0.3, -0.25) is 9.69 Å². The van der Waals surface area contributed by atoms with Gasteiger partial charge in [0.25, 0.3) is 5.91 Å². The summed E-state index contributed by atoms with van der Waals surface area (Å²) >= 11 is 5.38. The van der Waals surface area contributed by atoms with Crippen LogP contribution in [-0.4, -0.2) is 24.7 Å². The van der Waals surface area contributed by atoms with Crippen LogP contribution in [0.5, 0.6) is 11.5 Å². The van der Waals surface area contributed by atoms with Crippen molar-refractivity contribution in [1.82, 2.24) is 5.32 Å². The van der Waals surface area contributed by atoms with Gasteiger partial charge in [0, 0.05) is 0 Å². The Labute approximate surface area is 164 Å². The second-order valence-electron chi connectivity index (χ2n) is 6.00. The number of carbonyl (C=O) groups excluding carboxylic acids is 1. The molecule has 2 aromatic rings. The van der Waals surface area contributed by atoms with Crippen LogP contribution in [0.2, 0.25) is 0 Å². The lowest BCUT2D eigenvalue weighted by molar-refractivity contribution is -0.113. The highest BCUT2D eigenvalue weighted by molar-refractivity contribution is 7.80. The van der Waals surface area contributed by atoms with Gasteiger partial charge in [0.1, 0.15) is 5.70 Å². The number of aryl methyl sites for hydroxylation is 1. The summed E-state index contributed by atoms with van der Waals surface area (Å²) in [7, 11) is 1.59. The predicted octanol–water partition coefficient (Wildman–Crippen LogP) is 3.92. The van der Waals surface area contributed by atoms with Crippen LogP contribution in [0.25, 0.3) is 6.08 Å². The van der Waals surface area contributed by atoms with E-state index in [-0.39, 0.29) is 5.91 Å². The number of hydrogen-bond acceptors (Lipinski definition) is 4. The highest BCUT2D eigenvalue weighted by Gasteiger charge is 2.32. The molecule has 0 radical (unpaired) electrons. The summed E-state index contributed by atoms with van der Waals surface area (Å²) in [5, 5.41) is 3.38. The molecule has 1 saturated heterocycles. The molecule has 2 aromatic carbocycles. The lowest BCUT2D eigenvalue weighted by Gasteiger charge is -2.14. The van der Waals surface area contributed by atoms with Crippen molar-refractivity contribution >= 4 is 35.0 Å². The number of hydrogen-bond donors (Lipinski definition) is 1. The molecule has 1 aliphatic rings. The van der Waals surface area contributed by atoms with Crippen molar-refractivity contribution in [2.24, 2.45) is 0 Å². The molecule has 0 atom stereocenters. The molecule has 140 valence electrons. The monoisotopic (exact) mass is 382 g/mol. The summed E-state index contributed by atoms with van der Waals surface area (Å²) in [4.78, 5) is 14.4.